The number of nitrogens with zero attached hydrogens (tertiary/aromatic N) is 4. The molecule has 0 saturated heterocycles. The molecule has 0 aliphatic heterocycles. The second-order valence-electron chi connectivity index (χ2n) is 8.12. The zero-order valence-electron chi connectivity index (χ0n) is 19.1. The number of ether oxygens (including phenoxy) is 1. The Morgan fingerprint density at radius 3 is 2.39 bits per heavy atom. The number of aromatic amines is 1. The van der Waals surface area contributed by atoms with E-state index in [-0.39, 0.29) is 28.8 Å². The zero-order chi connectivity index (χ0) is 27.2. The molecule has 0 aliphatic rings. The third-order valence-electron chi connectivity index (χ3n) is 5.48. The summed E-state index contributed by atoms with van der Waals surface area (Å²) in [7, 11) is 1.64. The van der Waals surface area contributed by atoms with Crippen LogP contribution in [-0.4, -0.2) is 24.5 Å². The maximum atomic E-state index is 13.6. The van der Waals surface area contributed by atoms with Crippen LogP contribution in [0.1, 0.15) is 11.3 Å². The lowest BCUT2D eigenvalue weighted by atomic mass is 10.2. The van der Waals surface area contributed by atoms with E-state index in [9.17, 15) is 30.7 Å². The molecule has 0 atom stereocenters. The summed E-state index contributed by atoms with van der Waals surface area (Å²) in [5, 5.41) is 2.75. The van der Waals surface area contributed by atoms with Crippen LogP contribution in [-0.2, 0) is 19.4 Å². The number of anilines is 2. The molecule has 3 aromatic heterocycles. The van der Waals surface area contributed by atoms with E-state index in [2.05, 4.69) is 25.3 Å². The number of H-pyrrole nitrogens is 1. The van der Waals surface area contributed by atoms with Gasteiger partial charge in [0.2, 0.25) is 5.95 Å². The highest BCUT2D eigenvalue weighted by molar-refractivity contribution is 5.81. The fourth-order valence-corrected chi connectivity index (χ4v) is 3.66. The van der Waals surface area contributed by atoms with E-state index < -0.39 is 29.4 Å². The van der Waals surface area contributed by atoms with Gasteiger partial charge in [-0.1, -0.05) is 0 Å². The van der Waals surface area contributed by atoms with E-state index in [1.807, 2.05) is 0 Å². The summed E-state index contributed by atoms with van der Waals surface area (Å²) in [6.07, 6.45) is -6.07. The zero-order valence-corrected chi connectivity index (χ0v) is 19.1. The van der Waals surface area contributed by atoms with E-state index in [4.69, 9.17) is 4.74 Å². The summed E-state index contributed by atoms with van der Waals surface area (Å²) < 4.78 is 98.7. The topological polar surface area (TPSA) is 80.7 Å². The van der Waals surface area contributed by atoms with Gasteiger partial charge in [0.1, 0.15) is 28.8 Å². The predicted octanol–water partition coefficient (Wildman–Crippen LogP) is 7.07. The fourth-order valence-electron chi connectivity index (χ4n) is 3.66. The van der Waals surface area contributed by atoms with Crippen molar-refractivity contribution in [2.45, 2.75) is 12.4 Å². The summed E-state index contributed by atoms with van der Waals surface area (Å²) in [5.74, 6) is -0.703. The lowest BCUT2D eigenvalue weighted by Crippen LogP contribution is -2.09. The van der Waals surface area contributed by atoms with Crippen molar-refractivity contribution in [3.63, 3.8) is 0 Å². The van der Waals surface area contributed by atoms with Gasteiger partial charge in [-0.3, -0.25) is 4.98 Å². The highest BCUT2D eigenvalue weighted by Crippen LogP contribution is 2.35. The van der Waals surface area contributed by atoms with E-state index in [0.29, 0.717) is 35.1 Å². The molecule has 3 heterocycles. The molecule has 5 rings (SSSR count). The van der Waals surface area contributed by atoms with Crippen molar-refractivity contribution in [2.24, 2.45) is 7.05 Å². The van der Waals surface area contributed by atoms with E-state index in [0.717, 1.165) is 6.07 Å². The number of fused-ring (bicyclic) bond motifs is 1. The first-order valence-corrected chi connectivity index (χ1v) is 10.7. The van der Waals surface area contributed by atoms with Crippen molar-refractivity contribution in [2.75, 3.05) is 5.32 Å². The van der Waals surface area contributed by atoms with Crippen molar-refractivity contribution >= 4 is 22.7 Å². The van der Waals surface area contributed by atoms with Gasteiger partial charge in [-0.05, 0) is 36.4 Å². The number of aromatic nitrogens is 5. The average molecular weight is 536 g/mol. The number of nitrogens with one attached hydrogen (secondary N) is 2. The minimum Gasteiger partial charge on any atom is -0.456 e. The maximum Gasteiger partial charge on any atom is 0.432 e. The highest BCUT2D eigenvalue weighted by atomic mass is 19.4. The average Bonchev–Trinajstić information content (AvgIpc) is 3.46. The van der Waals surface area contributed by atoms with Gasteiger partial charge < -0.3 is 19.6 Å². The molecule has 0 saturated carbocycles. The lowest BCUT2D eigenvalue weighted by Gasteiger charge is -2.11. The summed E-state index contributed by atoms with van der Waals surface area (Å²) >= 11 is 0. The van der Waals surface area contributed by atoms with E-state index >= 15 is 0 Å². The molecule has 196 valence electrons. The number of aryl methyl sites for hydroxylation is 1. The Morgan fingerprint density at radius 2 is 1.68 bits per heavy atom. The summed E-state index contributed by atoms with van der Waals surface area (Å²) in [5.41, 5.74) is -1.11. The van der Waals surface area contributed by atoms with Crippen molar-refractivity contribution in [3.05, 3.63) is 78.1 Å². The van der Waals surface area contributed by atoms with Gasteiger partial charge in [0.05, 0.1) is 29.0 Å². The van der Waals surface area contributed by atoms with Crippen molar-refractivity contribution in [3.8, 4) is 22.9 Å². The first kappa shape index (κ1) is 25.0. The van der Waals surface area contributed by atoms with Gasteiger partial charge in [0.15, 0.2) is 0 Å². The summed E-state index contributed by atoms with van der Waals surface area (Å²) in [6.45, 7) is 0. The lowest BCUT2D eigenvalue weighted by molar-refractivity contribution is -0.141. The van der Waals surface area contributed by atoms with Crippen molar-refractivity contribution in [1.29, 1.82) is 0 Å². The smallest absolute Gasteiger partial charge is 0.432 e. The molecule has 2 N–H and O–H groups in total. The fraction of sp³-hybridized carbons (Fsp3) is 0.125. The van der Waals surface area contributed by atoms with Gasteiger partial charge >= 0.3 is 12.4 Å². The summed E-state index contributed by atoms with van der Waals surface area (Å²) in [4.78, 5) is 14.3. The molecule has 0 bridgehead atoms. The Labute approximate surface area is 208 Å². The Bertz CT molecular complexity index is 1640. The van der Waals surface area contributed by atoms with Crippen LogP contribution in [0, 0.1) is 5.82 Å². The van der Waals surface area contributed by atoms with Gasteiger partial charge in [-0.2, -0.15) is 26.3 Å². The van der Waals surface area contributed by atoms with Gasteiger partial charge in [0.25, 0.3) is 0 Å². The minimum atomic E-state index is -4.86. The van der Waals surface area contributed by atoms with Crippen LogP contribution in [0.2, 0.25) is 0 Å². The number of hydrogen-bond donors (Lipinski definition) is 2. The molecule has 0 aliphatic carbocycles. The number of halogens is 7. The molecule has 0 unspecified atom stereocenters. The quantitative estimate of drug-likeness (QED) is 0.235. The first-order chi connectivity index (χ1) is 17.9. The molecular formula is C24H15F7N6O. The maximum absolute atomic E-state index is 13.6. The number of rotatable bonds is 5. The third-order valence-corrected chi connectivity index (χ3v) is 5.48. The normalized spacial score (nSPS) is 12.2. The second kappa shape index (κ2) is 9.04. The molecule has 0 amide bonds. The van der Waals surface area contributed by atoms with Gasteiger partial charge in [-0.15, -0.1) is 0 Å². The molecule has 14 heteroatoms. The van der Waals surface area contributed by atoms with Crippen LogP contribution >= 0.6 is 0 Å². The Morgan fingerprint density at radius 1 is 0.895 bits per heavy atom. The summed E-state index contributed by atoms with van der Waals surface area (Å²) in [6, 6.07) is 8.81. The van der Waals surface area contributed by atoms with Crippen LogP contribution in [0.5, 0.6) is 11.5 Å². The standard InChI is InChI=1S/C24H15F7N6O/c1-37-19-5-3-14(38-15-6-12(9-32-10-15)21-33-11-20(36-21)24(29,30)31)8-18(19)35-22(37)34-13-2-4-17(25)16(7-13)23(26,27)28/h2-11H,1H3,(H,33,36)(H,34,35). The van der Waals surface area contributed by atoms with Crippen molar-refractivity contribution in [1.82, 2.24) is 24.5 Å². The molecule has 7 nitrogen and oxygen atoms in total. The molecule has 2 aromatic carbocycles. The number of imidazole rings is 2. The van der Waals surface area contributed by atoms with Crippen molar-refractivity contribution < 1.29 is 35.5 Å². The molecule has 38 heavy (non-hydrogen) atoms. The van der Waals surface area contributed by atoms with Gasteiger partial charge in [0, 0.05) is 30.6 Å². The number of benzene rings is 2. The Balaban J connectivity index is 1.39. The van der Waals surface area contributed by atoms with Crippen LogP contribution in [0.25, 0.3) is 22.4 Å². The number of pyridine rings is 1. The molecule has 0 spiro atoms. The van der Waals surface area contributed by atoms with Crippen LogP contribution < -0.4 is 10.1 Å². The largest absolute Gasteiger partial charge is 0.456 e. The molecular weight excluding hydrogens is 521 g/mol. The van der Waals surface area contributed by atoms with Crippen LogP contribution in [0.15, 0.2) is 61.1 Å². The monoisotopic (exact) mass is 536 g/mol. The minimum absolute atomic E-state index is 0.0110. The van der Waals surface area contributed by atoms with Crippen LogP contribution in [0.3, 0.4) is 0 Å². The van der Waals surface area contributed by atoms with Crippen LogP contribution in [0.4, 0.5) is 42.4 Å². The van der Waals surface area contributed by atoms with Gasteiger partial charge in [-0.25, -0.2) is 14.4 Å². The SMILES string of the molecule is Cn1c(Nc2ccc(F)c(C(F)(F)F)c2)nc2cc(Oc3cncc(-c4ncc(C(F)(F)F)[nH]4)c3)ccc21. The predicted molar refractivity (Wildman–Crippen MR) is 122 cm³/mol. The highest BCUT2D eigenvalue weighted by Gasteiger charge is 2.34. The Kier molecular flexibility index (Phi) is 5.96. The third kappa shape index (κ3) is 4.96. The molecule has 0 radical (unpaired) electrons. The molecule has 5 aromatic rings. The van der Waals surface area contributed by atoms with E-state index in [1.54, 1.807) is 29.8 Å². The Hall–Kier alpha value is -4.62. The second-order valence-corrected chi connectivity index (χ2v) is 8.12. The number of alkyl halides is 6. The first-order valence-electron chi connectivity index (χ1n) is 10.7. The number of hydrogen-bond acceptors (Lipinski definition) is 5. The van der Waals surface area contributed by atoms with E-state index in [1.165, 1.54) is 18.5 Å². The molecule has 0 fully saturated rings.